The normalized spacial score (nSPS) is 12.8. The zero-order chi connectivity index (χ0) is 25.6. The van der Waals surface area contributed by atoms with Gasteiger partial charge in [0.25, 0.3) is 5.91 Å². The molecule has 0 bridgehead atoms. The molecule has 182 valence electrons. The minimum atomic E-state index is -1.13. The van der Waals surface area contributed by atoms with Gasteiger partial charge in [0.2, 0.25) is 0 Å². The van der Waals surface area contributed by atoms with E-state index in [0.29, 0.717) is 46.3 Å². The highest BCUT2D eigenvalue weighted by Gasteiger charge is 2.30. The minimum absolute atomic E-state index is 0.00888. The van der Waals surface area contributed by atoms with Crippen molar-refractivity contribution < 1.29 is 19.4 Å². The van der Waals surface area contributed by atoms with Crippen LogP contribution >= 0.6 is 0 Å². The minimum Gasteiger partial charge on any atom is -0.496 e. The number of carboxylic acid groups (broad SMARTS) is 1. The first-order chi connectivity index (χ1) is 17.3. The number of carbonyl (C=O) groups excluding carboxylic acids is 1. The first-order valence-electron chi connectivity index (χ1n) is 11.3. The summed E-state index contributed by atoms with van der Waals surface area (Å²) in [5.41, 5.74) is 9.66. The number of carboxylic acids is 1. The van der Waals surface area contributed by atoms with E-state index in [-0.39, 0.29) is 23.3 Å². The Balaban J connectivity index is 1.50. The molecule has 0 saturated carbocycles. The van der Waals surface area contributed by atoms with Gasteiger partial charge in [0.1, 0.15) is 29.2 Å². The van der Waals surface area contributed by atoms with Gasteiger partial charge in [-0.3, -0.25) is 9.69 Å². The van der Waals surface area contributed by atoms with Crippen LogP contribution in [0, 0.1) is 0 Å². The molecule has 0 saturated heterocycles. The lowest BCUT2D eigenvalue weighted by Crippen LogP contribution is -2.24. The summed E-state index contributed by atoms with van der Waals surface area (Å²) in [7, 11) is 1.39. The standard InChI is InChI=1S/C26H24N6O4/c1-14(2)32-13-28-30-24(32)21-5-4-6-23(29-21)31-12-16-8-7-15(9-18(16)25(31)33)17-10-19(26(34)35)22(36-3)11-20(17)27/h4-11,13-14H,12,27H2,1-3H3,(H,34,35). The highest BCUT2D eigenvalue weighted by Crippen LogP contribution is 2.36. The van der Waals surface area contributed by atoms with E-state index in [1.54, 1.807) is 23.4 Å². The fraction of sp³-hybridized carbons (Fsp3) is 0.192. The molecule has 4 aromatic rings. The highest BCUT2D eigenvalue weighted by atomic mass is 16.5. The number of ether oxygens (including phenoxy) is 1. The van der Waals surface area contributed by atoms with Crippen LogP contribution in [0.2, 0.25) is 0 Å². The molecule has 0 atom stereocenters. The second-order valence-electron chi connectivity index (χ2n) is 8.74. The number of methoxy groups -OCH3 is 1. The predicted molar refractivity (Wildman–Crippen MR) is 134 cm³/mol. The summed E-state index contributed by atoms with van der Waals surface area (Å²) in [6.07, 6.45) is 1.66. The quantitative estimate of drug-likeness (QED) is 0.391. The lowest BCUT2D eigenvalue weighted by Gasteiger charge is -2.16. The summed E-state index contributed by atoms with van der Waals surface area (Å²) in [4.78, 5) is 31.4. The number of rotatable bonds is 6. The smallest absolute Gasteiger partial charge is 0.339 e. The molecule has 10 nitrogen and oxygen atoms in total. The van der Waals surface area contributed by atoms with Crippen LogP contribution < -0.4 is 15.4 Å². The molecule has 1 amide bonds. The number of hydrogen-bond acceptors (Lipinski definition) is 7. The second-order valence-corrected chi connectivity index (χ2v) is 8.74. The van der Waals surface area contributed by atoms with E-state index in [0.717, 1.165) is 5.56 Å². The van der Waals surface area contributed by atoms with Gasteiger partial charge in [-0.15, -0.1) is 10.2 Å². The van der Waals surface area contributed by atoms with Gasteiger partial charge < -0.3 is 20.1 Å². The van der Waals surface area contributed by atoms with Crippen molar-refractivity contribution in [1.29, 1.82) is 0 Å². The second kappa shape index (κ2) is 8.81. The van der Waals surface area contributed by atoms with E-state index < -0.39 is 5.97 Å². The summed E-state index contributed by atoms with van der Waals surface area (Å²) in [6.45, 7) is 4.42. The molecule has 3 N–H and O–H groups in total. The number of aromatic nitrogens is 4. The van der Waals surface area contributed by atoms with E-state index in [9.17, 15) is 14.7 Å². The molecule has 5 rings (SSSR count). The molecule has 10 heteroatoms. The molecule has 3 heterocycles. The number of hydrogen-bond donors (Lipinski definition) is 2. The molecule has 0 unspecified atom stereocenters. The third kappa shape index (κ3) is 3.82. The molecule has 0 fully saturated rings. The molecule has 0 spiro atoms. The SMILES string of the molecule is COc1cc(N)c(-c2ccc3c(c2)C(=O)N(c2cccc(-c4nncn4C(C)C)n2)C3)cc1C(=O)O. The van der Waals surface area contributed by atoms with Crippen LogP contribution in [-0.2, 0) is 6.54 Å². The number of fused-ring (bicyclic) bond motifs is 1. The molecule has 0 aliphatic carbocycles. The third-order valence-electron chi connectivity index (χ3n) is 6.20. The van der Waals surface area contributed by atoms with Gasteiger partial charge in [-0.1, -0.05) is 18.2 Å². The average Bonchev–Trinajstić information content (AvgIpc) is 3.49. The van der Waals surface area contributed by atoms with Crippen LogP contribution in [0.25, 0.3) is 22.6 Å². The van der Waals surface area contributed by atoms with Gasteiger partial charge in [0, 0.05) is 28.9 Å². The molecule has 2 aromatic carbocycles. The van der Waals surface area contributed by atoms with E-state index in [2.05, 4.69) is 10.2 Å². The van der Waals surface area contributed by atoms with E-state index in [1.165, 1.54) is 19.2 Å². The zero-order valence-corrected chi connectivity index (χ0v) is 20.0. The molecular formula is C26H24N6O4. The first kappa shape index (κ1) is 23.0. The van der Waals surface area contributed by atoms with Gasteiger partial charge in [-0.25, -0.2) is 9.78 Å². The maximum Gasteiger partial charge on any atom is 0.339 e. The average molecular weight is 485 g/mol. The summed E-state index contributed by atoms with van der Waals surface area (Å²) in [5.74, 6) is -0.0252. The van der Waals surface area contributed by atoms with Crippen LogP contribution in [0.3, 0.4) is 0 Å². The molecule has 36 heavy (non-hydrogen) atoms. The van der Waals surface area contributed by atoms with Crippen molar-refractivity contribution in [3.8, 4) is 28.4 Å². The van der Waals surface area contributed by atoms with Crippen LogP contribution in [0.1, 0.15) is 46.2 Å². The number of amides is 1. The van der Waals surface area contributed by atoms with Crippen LogP contribution in [0.5, 0.6) is 5.75 Å². The van der Waals surface area contributed by atoms with Crippen molar-refractivity contribution in [3.05, 3.63) is 71.5 Å². The van der Waals surface area contributed by atoms with E-state index >= 15 is 0 Å². The maximum absolute atomic E-state index is 13.4. The number of anilines is 2. The topological polar surface area (TPSA) is 136 Å². The van der Waals surface area contributed by atoms with Crippen LogP contribution in [0.15, 0.2) is 54.9 Å². The monoisotopic (exact) mass is 484 g/mol. The Morgan fingerprint density at radius 3 is 2.67 bits per heavy atom. The molecular weight excluding hydrogens is 460 g/mol. The lowest BCUT2D eigenvalue weighted by atomic mass is 9.97. The van der Waals surface area contributed by atoms with Crippen molar-refractivity contribution in [2.45, 2.75) is 26.4 Å². The Bertz CT molecular complexity index is 1510. The summed E-state index contributed by atoms with van der Waals surface area (Å²) in [5, 5.41) is 17.8. The van der Waals surface area contributed by atoms with Gasteiger partial charge in [0.15, 0.2) is 5.82 Å². The van der Waals surface area contributed by atoms with Crippen molar-refractivity contribution in [3.63, 3.8) is 0 Å². The number of carbonyl (C=O) groups is 2. The van der Waals surface area contributed by atoms with Crippen LogP contribution in [-0.4, -0.2) is 43.8 Å². The molecule has 0 radical (unpaired) electrons. The molecule has 2 aromatic heterocycles. The summed E-state index contributed by atoms with van der Waals surface area (Å²) >= 11 is 0. The Labute approximate surface area is 207 Å². The number of benzene rings is 2. The fourth-order valence-electron chi connectivity index (χ4n) is 4.34. The zero-order valence-electron chi connectivity index (χ0n) is 20.0. The van der Waals surface area contributed by atoms with Gasteiger partial charge in [0.05, 0.1) is 13.7 Å². The van der Waals surface area contributed by atoms with E-state index in [1.807, 2.05) is 42.7 Å². The Morgan fingerprint density at radius 1 is 1.14 bits per heavy atom. The van der Waals surface area contributed by atoms with Crippen LogP contribution in [0.4, 0.5) is 11.5 Å². The number of pyridine rings is 1. The fourth-order valence-corrected chi connectivity index (χ4v) is 4.34. The van der Waals surface area contributed by atoms with Gasteiger partial charge in [-0.05, 0) is 49.2 Å². The summed E-state index contributed by atoms with van der Waals surface area (Å²) in [6, 6.07) is 14.0. The Kier molecular flexibility index (Phi) is 5.63. The Morgan fingerprint density at radius 2 is 1.94 bits per heavy atom. The maximum atomic E-state index is 13.4. The van der Waals surface area contributed by atoms with Crippen molar-refractivity contribution in [1.82, 2.24) is 19.7 Å². The number of nitrogen functional groups attached to an aromatic ring is 1. The van der Waals surface area contributed by atoms with E-state index in [4.69, 9.17) is 15.5 Å². The highest BCUT2D eigenvalue weighted by molar-refractivity contribution is 6.10. The number of nitrogens with zero attached hydrogens (tertiary/aromatic N) is 5. The molecule has 1 aliphatic heterocycles. The summed E-state index contributed by atoms with van der Waals surface area (Å²) < 4.78 is 7.07. The lowest BCUT2D eigenvalue weighted by molar-refractivity contribution is 0.0693. The Hall–Kier alpha value is -4.73. The van der Waals surface area contributed by atoms with Crippen molar-refractivity contribution in [2.75, 3.05) is 17.7 Å². The van der Waals surface area contributed by atoms with Crippen molar-refractivity contribution in [2.24, 2.45) is 0 Å². The van der Waals surface area contributed by atoms with Gasteiger partial charge >= 0.3 is 5.97 Å². The number of aromatic carboxylic acids is 1. The van der Waals surface area contributed by atoms with Gasteiger partial charge in [-0.2, -0.15) is 0 Å². The number of nitrogens with two attached hydrogens (primary N) is 1. The first-order valence-corrected chi connectivity index (χ1v) is 11.3. The largest absolute Gasteiger partial charge is 0.496 e. The third-order valence-corrected chi connectivity index (χ3v) is 6.20. The van der Waals surface area contributed by atoms with Crippen molar-refractivity contribution >= 4 is 23.4 Å². The predicted octanol–water partition coefficient (Wildman–Crippen LogP) is 4.04. The molecule has 1 aliphatic rings.